The monoisotopic (exact) mass is 422 g/mol. The Morgan fingerprint density at radius 2 is 1.73 bits per heavy atom. The third kappa shape index (κ3) is 2.80. The van der Waals surface area contributed by atoms with Crippen LogP contribution in [0.3, 0.4) is 0 Å². The van der Waals surface area contributed by atoms with E-state index < -0.39 is 0 Å². The molecule has 0 radical (unpaired) electrons. The summed E-state index contributed by atoms with van der Waals surface area (Å²) >= 11 is 1.40. The van der Waals surface area contributed by atoms with Gasteiger partial charge in [0, 0.05) is 16.4 Å². The highest BCUT2D eigenvalue weighted by molar-refractivity contribution is 7.17. The molecule has 4 aliphatic carbocycles. The van der Waals surface area contributed by atoms with Crippen LogP contribution >= 0.6 is 11.3 Å². The second-order valence-corrected chi connectivity index (χ2v) is 10.5. The summed E-state index contributed by atoms with van der Waals surface area (Å²) in [7, 11) is 0. The Balaban J connectivity index is 1.36. The van der Waals surface area contributed by atoms with Crippen LogP contribution in [0.4, 0.5) is 4.39 Å². The Morgan fingerprint density at radius 1 is 1.10 bits per heavy atom. The fourth-order valence-corrected chi connectivity index (χ4v) is 7.60. The van der Waals surface area contributed by atoms with Gasteiger partial charge in [-0.2, -0.15) is 0 Å². The van der Waals surface area contributed by atoms with Crippen LogP contribution in [-0.2, 0) is 11.3 Å². The Bertz CT molecular complexity index is 1170. The number of hydrogen-bond donors (Lipinski definition) is 0. The summed E-state index contributed by atoms with van der Waals surface area (Å²) in [6.07, 6.45) is 8.39. The van der Waals surface area contributed by atoms with Gasteiger partial charge < -0.3 is 0 Å². The van der Waals surface area contributed by atoms with Gasteiger partial charge in [0.15, 0.2) is 5.78 Å². The number of rotatable bonds is 4. The van der Waals surface area contributed by atoms with Crippen molar-refractivity contribution in [3.8, 4) is 11.1 Å². The lowest BCUT2D eigenvalue weighted by Crippen LogP contribution is -2.51. The molecule has 0 aliphatic heterocycles. The predicted molar refractivity (Wildman–Crippen MR) is 115 cm³/mol. The Morgan fingerprint density at radius 3 is 2.37 bits per heavy atom. The first-order valence-electron chi connectivity index (χ1n) is 10.8. The first kappa shape index (κ1) is 18.4. The maximum atomic E-state index is 13.5. The van der Waals surface area contributed by atoms with Gasteiger partial charge in [-0.15, -0.1) is 11.3 Å². The quantitative estimate of drug-likeness (QED) is 0.591. The van der Waals surface area contributed by atoms with Crippen LogP contribution in [0.15, 0.2) is 40.8 Å². The molecule has 154 valence electrons. The number of aromatic nitrogens is 2. The highest BCUT2D eigenvalue weighted by Gasteiger charge is 2.54. The molecule has 3 aromatic rings. The summed E-state index contributed by atoms with van der Waals surface area (Å²) in [4.78, 5) is 31.9. The fraction of sp³-hybridized carbons (Fsp3) is 0.458. The average Bonchev–Trinajstić information content (AvgIpc) is 3.14. The van der Waals surface area contributed by atoms with Gasteiger partial charge in [-0.05, 0) is 74.0 Å². The Labute approximate surface area is 177 Å². The zero-order valence-corrected chi connectivity index (χ0v) is 17.5. The van der Waals surface area contributed by atoms with E-state index in [0.29, 0.717) is 28.0 Å². The Hall–Kier alpha value is -2.34. The van der Waals surface area contributed by atoms with Crippen LogP contribution in [0.5, 0.6) is 0 Å². The number of carbonyl (C=O) groups excluding carboxylic acids is 1. The number of Topliss-reactive ketones (excluding diaryl/α,β-unsaturated/α-hetero) is 1. The van der Waals surface area contributed by atoms with E-state index in [1.54, 1.807) is 12.1 Å². The van der Waals surface area contributed by atoms with Gasteiger partial charge in [0.25, 0.3) is 5.56 Å². The minimum Gasteiger partial charge on any atom is -0.297 e. The maximum absolute atomic E-state index is 13.5. The van der Waals surface area contributed by atoms with Crippen LogP contribution in [0.1, 0.15) is 38.5 Å². The van der Waals surface area contributed by atoms with Crippen molar-refractivity contribution in [3.05, 3.63) is 52.1 Å². The molecule has 0 unspecified atom stereocenters. The molecule has 6 heteroatoms. The SMILES string of the molecule is O=C(Cn1cnc2scc(-c3ccc(F)cc3)c2c1=O)C12CC3CC(CC(C3)C1)C2. The molecule has 0 saturated heterocycles. The molecule has 0 spiro atoms. The maximum Gasteiger partial charge on any atom is 0.263 e. The number of hydrogen-bond acceptors (Lipinski definition) is 4. The number of fused-ring (bicyclic) bond motifs is 1. The van der Waals surface area contributed by atoms with Crippen molar-refractivity contribution in [2.75, 3.05) is 0 Å². The molecular weight excluding hydrogens is 399 g/mol. The zero-order chi connectivity index (χ0) is 20.5. The number of ketones is 1. The minimum atomic E-state index is -0.310. The van der Waals surface area contributed by atoms with Gasteiger partial charge in [-0.25, -0.2) is 9.37 Å². The zero-order valence-electron chi connectivity index (χ0n) is 16.6. The molecule has 0 atom stereocenters. The molecule has 7 rings (SSSR count). The smallest absolute Gasteiger partial charge is 0.263 e. The van der Waals surface area contributed by atoms with E-state index >= 15 is 0 Å². The summed E-state index contributed by atoms with van der Waals surface area (Å²) in [6, 6.07) is 6.14. The molecule has 4 nitrogen and oxygen atoms in total. The van der Waals surface area contributed by atoms with Gasteiger partial charge in [0.1, 0.15) is 10.6 Å². The highest BCUT2D eigenvalue weighted by atomic mass is 32.1. The molecule has 4 aliphatic rings. The van der Waals surface area contributed by atoms with Gasteiger partial charge in [0.2, 0.25) is 0 Å². The summed E-state index contributed by atoms with van der Waals surface area (Å²) in [5, 5.41) is 2.41. The molecule has 0 N–H and O–H groups in total. The van der Waals surface area contributed by atoms with Gasteiger partial charge in [-0.3, -0.25) is 14.2 Å². The predicted octanol–water partition coefficient (Wildman–Crippen LogP) is 5.05. The van der Waals surface area contributed by atoms with Crippen LogP contribution in [0.25, 0.3) is 21.3 Å². The van der Waals surface area contributed by atoms with Crippen molar-refractivity contribution in [2.24, 2.45) is 23.2 Å². The average molecular weight is 423 g/mol. The van der Waals surface area contributed by atoms with E-state index in [4.69, 9.17) is 0 Å². The molecular formula is C24H23FN2O2S. The molecule has 30 heavy (non-hydrogen) atoms. The van der Waals surface area contributed by atoms with E-state index in [1.807, 2.05) is 5.38 Å². The van der Waals surface area contributed by atoms with E-state index in [-0.39, 0.29) is 29.1 Å². The van der Waals surface area contributed by atoms with Crippen molar-refractivity contribution >= 4 is 27.3 Å². The minimum absolute atomic E-state index is 0.104. The van der Waals surface area contributed by atoms with Crippen molar-refractivity contribution < 1.29 is 9.18 Å². The number of benzene rings is 1. The molecule has 0 amide bonds. The summed E-state index contributed by atoms with van der Waals surface area (Å²) in [5.41, 5.74) is 1.13. The second-order valence-electron chi connectivity index (χ2n) is 9.64. The molecule has 2 heterocycles. The highest BCUT2D eigenvalue weighted by Crippen LogP contribution is 2.60. The van der Waals surface area contributed by atoms with Crippen LogP contribution in [0.2, 0.25) is 0 Å². The fourth-order valence-electron chi connectivity index (χ4n) is 6.70. The molecule has 2 aromatic heterocycles. The third-order valence-corrected chi connectivity index (χ3v) is 8.55. The van der Waals surface area contributed by atoms with Crippen molar-refractivity contribution in [1.29, 1.82) is 0 Å². The largest absolute Gasteiger partial charge is 0.297 e. The van der Waals surface area contributed by atoms with Crippen LogP contribution in [-0.4, -0.2) is 15.3 Å². The van der Waals surface area contributed by atoms with Gasteiger partial charge >= 0.3 is 0 Å². The third-order valence-electron chi connectivity index (χ3n) is 7.66. The number of nitrogens with zero attached hydrogens (tertiary/aromatic N) is 2. The van der Waals surface area contributed by atoms with Crippen molar-refractivity contribution in [3.63, 3.8) is 0 Å². The summed E-state index contributed by atoms with van der Waals surface area (Å²) in [5.74, 6) is 1.98. The topological polar surface area (TPSA) is 52.0 Å². The molecule has 1 aromatic carbocycles. The summed E-state index contributed by atoms with van der Waals surface area (Å²) in [6.45, 7) is 0.104. The lowest BCUT2D eigenvalue weighted by atomic mass is 9.48. The number of thiophene rings is 1. The lowest BCUT2D eigenvalue weighted by Gasteiger charge is -2.56. The van der Waals surface area contributed by atoms with E-state index in [9.17, 15) is 14.0 Å². The van der Waals surface area contributed by atoms with E-state index in [2.05, 4.69) is 4.98 Å². The normalized spacial score (nSPS) is 29.6. The first-order valence-corrected chi connectivity index (χ1v) is 11.6. The second kappa shape index (κ2) is 6.58. The molecule has 4 fully saturated rings. The Kier molecular flexibility index (Phi) is 4.04. The van der Waals surface area contributed by atoms with Crippen molar-refractivity contribution in [1.82, 2.24) is 9.55 Å². The van der Waals surface area contributed by atoms with Crippen LogP contribution in [0, 0.1) is 29.0 Å². The lowest BCUT2D eigenvalue weighted by molar-refractivity contribution is -0.144. The van der Waals surface area contributed by atoms with Gasteiger partial charge in [0.05, 0.1) is 18.3 Å². The van der Waals surface area contributed by atoms with Gasteiger partial charge in [-0.1, -0.05) is 12.1 Å². The first-order chi connectivity index (χ1) is 14.5. The molecule has 4 bridgehead atoms. The van der Waals surface area contributed by atoms with Crippen LogP contribution < -0.4 is 5.56 Å². The number of carbonyl (C=O) groups is 1. The van der Waals surface area contributed by atoms with Crippen molar-refractivity contribution in [2.45, 2.75) is 45.1 Å². The van der Waals surface area contributed by atoms with E-state index in [1.165, 1.54) is 53.6 Å². The van der Waals surface area contributed by atoms with E-state index in [0.717, 1.165) is 30.4 Å². The number of halogens is 1. The standard InChI is InChI=1S/C24H23FN2O2S/c25-18-3-1-17(2-4-18)19-12-30-22-21(19)23(29)27(13-26-22)11-20(28)24-8-14-5-15(9-24)7-16(6-14)10-24/h1-4,12-16H,5-11H2. The molecule has 4 saturated carbocycles. The summed E-state index contributed by atoms with van der Waals surface area (Å²) < 4.78 is 14.8.